The van der Waals surface area contributed by atoms with E-state index >= 15 is 0 Å². The predicted molar refractivity (Wildman–Crippen MR) is 111 cm³/mol. The van der Waals surface area contributed by atoms with Gasteiger partial charge in [-0.05, 0) is 49.5 Å². The summed E-state index contributed by atoms with van der Waals surface area (Å²) in [5.74, 6) is -0.371. The molecule has 30 heavy (non-hydrogen) atoms. The van der Waals surface area contributed by atoms with Crippen LogP contribution in [0.25, 0.3) is 0 Å². The SMILES string of the molecule is CC(=O)O.CC(=O)O.OCc1ccc2c(c1)CN(CC(O)C1CCNCC1)CCO2. The van der Waals surface area contributed by atoms with E-state index in [1.165, 1.54) is 0 Å². The molecule has 9 heteroatoms. The third-order valence-corrected chi connectivity index (χ3v) is 4.74. The van der Waals surface area contributed by atoms with Gasteiger partial charge in [-0.25, -0.2) is 0 Å². The van der Waals surface area contributed by atoms with Crippen molar-refractivity contribution in [2.75, 3.05) is 32.8 Å². The molecule has 1 unspecified atom stereocenters. The molecule has 9 nitrogen and oxygen atoms in total. The molecule has 2 aliphatic rings. The summed E-state index contributed by atoms with van der Waals surface area (Å²) < 4.78 is 5.79. The van der Waals surface area contributed by atoms with E-state index in [4.69, 9.17) is 24.5 Å². The molecule has 5 N–H and O–H groups in total. The molecule has 1 atom stereocenters. The second-order valence-corrected chi connectivity index (χ2v) is 7.38. The zero-order valence-electron chi connectivity index (χ0n) is 17.7. The van der Waals surface area contributed by atoms with E-state index in [0.29, 0.717) is 19.1 Å². The van der Waals surface area contributed by atoms with Crippen LogP contribution in [0.1, 0.15) is 37.8 Å². The number of carboxylic acid groups (broad SMARTS) is 2. The average molecular weight is 427 g/mol. The fraction of sp³-hybridized carbons (Fsp3) is 0.619. The number of aliphatic carboxylic acids is 2. The lowest BCUT2D eigenvalue weighted by atomic mass is 9.92. The second kappa shape index (κ2) is 13.9. The largest absolute Gasteiger partial charge is 0.492 e. The van der Waals surface area contributed by atoms with Crippen molar-refractivity contribution >= 4 is 11.9 Å². The summed E-state index contributed by atoms with van der Waals surface area (Å²) in [5.41, 5.74) is 2.00. The van der Waals surface area contributed by atoms with Crippen molar-refractivity contribution in [2.45, 2.75) is 45.9 Å². The molecule has 0 radical (unpaired) electrons. The third kappa shape index (κ3) is 10.5. The minimum Gasteiger partial charge on any atom is -0.492 e. The number of rotatable bonds is 4. The van der Waals surface area contributed by atoms with Gasteiger partial charge in [0.25, 0.3) is 11.9 Å². The number of ether oxygens (including phenoxy) is 1. The van der Waals surface area contributed by atoms with Crippen LogP contribution in [0.5, 0.6) is 5.75 Å². The van der Waals surface area contributed by atoms with E-state index in [0.717, 1.165) is 69.7 Å². The van der Waals surface area contributed by atoms with E-state index in [2.05, 4.69) is 10.2 Å². The van der Waals surface area contributed by atoms with Gasteiger partial charge in [0, 0.05) is 39.0 Å². The van der Waals surface area contributed by atoms with Crippen LogP contribution in [-0.2, 0) is 22.7 Å². The number of nitrogens with one attached hydrogen (secondary N) is 1. The van der Waals surface area contributed by atoms with Crippen molar-refractivity contribution in [1.29, 1.82) is 0 Å². The molecule has 1 fully saturated rings. The number of carboxylic acids is 2. The zero-order chi connectivity index (χ0) is 22.5. The molecule has 3 rings (SSSR count). The molecule has 1 aromatic rings. The van der Waals surface area contributed by atoms with Crippen molar-refractivity contribution in [2.24, 2.45) is 5.92 Å². The predicted octanol–water partition coefficient (Wildman–Crippen LogP) is 0.916. The Morgan fingerprint density at radius 2 is 1.80 bits per heavy atom. The van der Waals surface area contributed by atoms with Gasteiger partial charge in [0.05, 0.1) is 12.7 Å². The number of hydrogen-bond acceptors (Lipinski definition) is 7. The van der Waals surface area contributed by atoms with E-state index in [-0.39, 0.29) is 12.7 Å². The van der Waals surface area contributed by atoms with Crippen LogP contribution in [0.15, 0.2) is 18.2 Å². The lowest BCUT2D eigenvalue weighted by Gasteiger charge is -2.31. The van der Waals surface area contributed by atoms with Crippen LogP contribution in [0.4, 0.5) is 0 Å². The van der Waals surface area contributed by atoms with Gasteiger partial charge in [-0.3, -0.25) is 14.5 Å². The summed E-state index contributed by atoms with van der Waals surface area (Å²) in [7, 11) is 0. The zero-order valence-corrected chi connectivity index (χ0v) is 17.7. The fourth-order valence-corrected chi connectivity index (χ4v) is 3.40. The third-order valence-electron chi connectivity index (χ3n) is 4.74. The number of piperidine rings is 1. The Bertz CT molecular complexity index is 643. The summed E-state index contributed by atoms with van der Waals surface area (Å²) in [4.78, 5) is 20.3. The molecule has 2 heterocycles. The quantitative estimate of drug-likeness (QED) is 0.475. The van der Waals surface area contributed by atoms with Crippen LogP contribution in [0.2, 0.25) is 0 Å². The van der Waals surface area contributed by atoms with E-state index in [1.54, 1.807) is 0 Å². The smallest absolute Gasteiger partial charge is 0.300 e. The molecule has 0 spiro atoms. The fourth-order valence-electron chi connectivity index (χ4n) is 3.40. The summed E-state index contributed by atoms with van der Waals surface area (Å²) >= 11 is 0. The molecule has 0 amide bonds. The van der Waals surface area contributed by atoms with Gasteiger partial charge in [0.2, 0.25) is 0 Å². The molecular weight excluding hydrogens is 392 g/mol. The molecule has 1 saturated heterocycles. The van der Waals surface area contributed by atoms with Crippen molar-refractivity contribution in [3.05, 3.63) is 29.3 Å². The van der Waals surface area contributed by atoms with Gasteiger partial charge < -0.3 is 30.5 Å². The lowest BCUT2D eigenvalue weighted by molar-refractivity contribution is -0.135. The highest BCUT2D eigenvalue weighted by Gasteiger charge is 2.25. The van der Waals surface area contributed by atoms with Gasteiger partial charge in [-0.15, -0.1) is 0 Å². The minimum absolute atomic E-state index is 0.0466. The van der Waals surface area contributed by atoms with E-state index in [9.17, 15) is 10.2 Å². The maximum atomic E-state index is 10.5. The van der Waals surface area contributed by atoms with Gasteiger partial charge in [0.1, 0.15) is 12.4 Å². The Labute approximate surface area is 177 Å². The Morgan fingerprint density at radius 3 is 2.37 bits per heavy atom. The summed E-state index contributed by atoms with van der Waals surface area (Å²) in [6.07, 6.45) is 1.83. The number of hydrogen-bond donors (Lipinski definition) is 5. The molecular formula is C21H34N2O7. The number of fused-ring (bicyclic) bond motifs is 1. The topological polar surface area (TPSA) is 140 Å². The normalized spacial score (nSPS) is 17.6. The van der Waals surface area contributed by atoms with Crippen LogP contribution < -0.4 is 10.1 Å². The van der Waals surface area contributed by atoms with Crippen molar-refractivity contribution in [3.63, 3.8) is 0 Å². The number of aliphatic hydroxyl groups is 2. The van der Waals surface area contributed by atoms with Crippen LogP contribution in [-0.4, -0.2) is 76.2 Å². The van der Waals surface area contributed by atoms with Crippen LogP contribution in [0, 0.1) is 5.92 Å². The second-order valence-electron chi connectivity index (χ2n) is 7.38. The number of nitrogens with zero attached hydrogens (tertiary/aromatic N) is 1. The summed E-state index contributed by atoms with van der Waals surface area (Å²) in [5, 5.41) is 38.0. The maximum Gasteiger partial charge on any atom is 0.300 e. The molecule has 2 aliphatic heterocycles. The highest BCUT2D eigenvalue weighted by molar-refractivity contribution is 5.63. The summed E-state index contributed by atoms with van der Waals surface area (Å²) in [6.45, 7) is 7.16. The van der Waals surface area contributed by atoms with Crippen LogP contribution in [0.3, 0.4) is 0 Å². The number of carbonyl (C=O) groups is 2. The molecule has 0 saturated carbocycles. The van der Waals surface area contributed by atoms with E-state index < -0.39 is 11.9 Å². The number of aliphatic hydroxyl groups excluding tert-OH is 2. The highest BCUT2D eigenvalue weighted by Crippen LogP contribution is 2.25. The Kier molecular flexibility index (Phi) is 12.0. The first kappa shape index (κ1) is 25.8. The first-order valence-corrected chi connectivity index (χ1v) is 10.1. The Morgan fingerprint density at radius 1 is 1.20 bits per heavy atom. The molecule has 0 aromatic heterocycles. The van der Waals surface area contributed by atoms with Crippen molar-refractivity contribution in [3.8, 4) is 5.75 Å². The molecule has 170 valence electrons. The Balaban J connectivity index is 0.000000485. The first-order chi connectivity index (χ1) is 14.2. The minimum atomic E-state index is -0.833. The monoisotopic (exact) mass is 426 g/mol. The highest BCUT2D eigenvalue weighted by atomic mass is 16.5. The van der Waals surface area contributed by atoms with Crippen molar-refractivity contribution in [1.82, 2.24) is 10.2 Å². The Hall–Kier alpha value is -2.20. The van der Waals surface area contributed by atoms with E-state index in [1.807, 2.05) is 18.2 Å². The number of benzene rings is 1. The molecule has 0 bridgehead atoms. The standard InChI is InChI=1S/C17H26N2O3.2C2H4O2/c20-12-13-1-2-17-15(9-13)10-19(7-8-22-17)11-16(21)14-3-5-18-6-4-14;2*1-2(3)4/h1-2,9,14,16,18,20-21H,3-8,10-12H2;2*1H3,(H,3,4). The van der Waals surface area contributed by atoms with Crippen molar-refractivity contribution < 1.29 is 34.8 Å². The molecule has 0 aliphatic carbocycles. The van der Waals surface area contributed by atoms with Crippen LogP contribution >= 0.6 is 0 Å². The molecule has 1 aromatic carbocycles. The maximum absolute atomic E-state index is 10.5. The van der Waals surface area contributed by atoms with Gasteiger partial charge in [0.15, 0.2) is 0 Å². The van der Waals surface area contributed by atoms with Gasteiger partial charge in [-0.1, -0.05) is 6.07 Å². The summed E-state index contributed by atoms with van der Waals surface area (Å²) in [6, 6.07) is 5.84. The van der Waals surface area contributed by atoms with Gasteiger partial charge >= 0.3 is 0 Å². The number of β-amino-alcohol motifs (C(OH)–C–C–N with tert-alkyl or cyclic N) is 1. The average Bonchev–Trinajstić information content (AvgIpc) is 2.88. The van der Waals surface area contributed by atoms with Gasteiger partial charge in [-0.2, -0.15) is 0 Å². The lowest BCUT2D eigenvalue weighted by Crippen LogP contribution is -2.41. The first-order valence-electron chi connectivity index (χ1n) is 10.1.